The molecule has 1 heterocycles. The Balaban J connectivity index is 1.48. The van der Waals surface area contributed by atoms with Gasteiger partial charge in [0.05, 0.1) is 0 Å². The van der Waals surface area contributed by atoms with Crippen LogP contribution in [0.25, 0.3) is 0 Å². The predicted molar refractivity (Wildman–Crippen MR) is 91.2 cm³/mol. The second-order valence-electron chi connectivity index (χ2n) is 5.94. The van der Waals surface area contributed by atoms with Crippen LogP contribution >= 0.6 is 11.8 Å². The van der Waals surface area contributed by atoms with Crippen molar-refractivity contribution in [2.24, 2.45) is 5.10 Å². The number of hydrazone groups is 1. The van der Waals surface area contributed by atoms with E-state index in [1.807, 2.05) is 11.8 Å². The number of amides is 2. The third-order valence-electron chi connectivity index (χ3n) is 4.15. The van der Waals surface area contributed by atoms with Gasteiger partial charge >= 0.3 is 0 Å². The van der Waals surface area contributed by atoms with E-state index in [2.05, 4.69) is 40.1 Å². The van der Waals surface area contributed by atoms with Crippen molar-refractivity contribution in [2.75, 3.05) is 0 Å². The topological polar surface area (TPSA) is 70.6 Å². The fourth-order valence-corrected chi connectivity index (χ4v) is 4.05. The second kappa shape index (κ2) is 7.64. The second-order valence-corrected chi connectivity index (χ2v) is 7.32. The van der Waals surface area contributed by atoms with Gasteiger partial charge in [0.1, 0.15) is 5.71 Å². The van der Waals surface area contributed by atoms with Crippen molar-refractivity contribution in [3.05, 3.63) is 29.8 Å². The first-order chi connectivity index (χ1) is 11.2. The number of hydrogen-bond acceptors (Lipinski definition) is 4. The molecule has 0 atom stereocenters. The maximum absolute atomic E-state index is 12.0. The lowest BCUT2D eigenvalue weighted by molar-refractivity contribution is -0.121. The largest absolute Gasteiger partial charge is 0.347 e. The van der Waals surface area contributed by atoms with Gasteiger partial charge in [-0.3, -0.25) is 9.59 Å². The van der Waals surface area contributed by atoms with Gasteiger partial charge in [0.25, 0.3) is 5.91 Å². The van der Waals surface area contributed by atoms with Crippen molar-refractivity contribution in [1.82, 2.24) is 10.7 Å². The van der Waals surface area contributed by atoms with Gasteiger partial charge in [0.2, 0.25) is 5.91 Å². The van der Waals surface area contributed by atoms with Crippen LogP contribution in [0.5, 0.6) is 0 Å². The van der Waals surface area contributed by atoms with Crippen molar-refractivity contribution in [3.63, 3.8) is 0 Å². The molecule has 5 nitrogen and oxygen atoms in total. The minimum absolute atomic E-state index is 0.142. The zero-order valence-electron chi connectivity index (χ0n) is 13.0. The van der Waals surface area contributed by atoms with Crippen LogP contribution in [0.1, 0.15) is 44.1 Å². The van der Waals surface area contributed by atoms with E-state index in [0.29, 0.717) is 25.1 Å². The molecule has 6 heteroatoms. The average Bonchev–Trinajstić information content (AvgIpc) is 3.07. The van der Waals surface area contributed by atoms with Gasteiger partial charge in [-0.25, -0.2) is 5.43 Å². The molecule has 1 aliphatic heterocycles. The number of rotatable bonds is 5. The normalized spacial score (nSPS) is 18.4. The molecule has 1 fully saturated rings. The highest BCUT2D eigenvalue weighted by Gasteiger charge is 2.18. The lowest BCUT2D eigenvalue weighted by Crippen LogP contribution is -2.36. The summed E-state index contributed by atoms with van der Waals surface area (Å²) in [6.45, 7) is 0.472. The van der Waals surface area contributed by atoms with Gasteiger partial charge < -0.3 is 5.32 Å². The Bertz CT molecular complexity index is 607. The van der Waals surface area contributed by atoms with Crippen LogP contribution in [0.15, 0.2) is 34.3 Å². The first-order valence-corrected chi connectivity index (χ1v) is 8.98. The van der Waals surface area contributed by atoms with Crippen LogP contribution in [0.3, 0.4) is 0 Å². The number of nitrogens with zero attached hydrogens (tertiary/aromatic N) is 1. The summed E-state index contributed by atoms with van der Waals surface area (Å²) in [7, 11) is 0. The summed E-state index contributed by atoms with van der Waals surface area (Å²) in [5, 5.41) is 7.41. The fraction of sp³-hybridized carbons (Fsp3) is 0.471. The zero-order valence-corrected chi connectivity index (χ0v) is 13.8. The molecule has 0 radical (unpaired) electrons. The Morgan fingerprint density at radius 1 is 1.22 bits per heavy atom. The molecule has 1 aromatic carbocycles. The Labute approximate surface area is 140 Å². The molecule has 0 bridgehead atoms. The molecule has 1 aromatic rings. The first kappa shape index (κ1) is 16.1. The lowest BCUT2D eigenvalue weighted by Gasteiger charge is -2.12. The standard InChI is InChI=1S/C17H21N3O2S/c21-16-10-9-15(19-20-16)17(22)18-11-12-5-7-14(8-6-12)23-13-3-1-2-4-13/h5-8,13H,1-4,9-11H2,(H,18,22)(H,20,21). The van der Waals surface area contributed by atoms with E-state index < -0.39 is 0 Å². The highest BCUT2D eigenvalue weighted by Crippen LogP contribution is 2.34. The third kappa shape index (κ3) is 4.58. The van der Waals surface area contributed by atoms with E-state index in [4.69, 9.17) is 0 Å². The number of carbonyl (C=O) groups is 2. The summed E-state index contributed by atoms with van der Waals surface area (Å²) < 4.78 is 0. The summed E-state index contributed by atoms with van der Waals surface area (Å²) in [4.78, 5) is 24.3. The maximum Gasteiger partial charge on any atom is 0.267 e. The van der Waals surface area contributed by atoms with Gasteiger partial charge in [-0.05, 0) is 30.5 Å². The van der Waals surface area contributed by atoms with E-state index in [9.17, 15) is 9.59 Å². The molecular weight excluding hydrogens is 310 g/mol. The zero-order chi connectivity index (χ0) is 16.1. The molecule has 2 amide bonds. The van der Waals surface area contributed by atoms with Gasteiger partial charge in [-0.1, -0.05) is 25.0 Å². The molecule has 23 heavy (non-hydrogen) atoms. The molecule has 1 saturated carbocycles. The molecule has 0 unspecified atom stereocenters. The SMILES string of the molecule is O=C1CCC(C(=O)NCc2ccc(SC3CCCC3)cc2)=NN1. The molecule has 2 N–H and O–H groups in total. The van der Waals surface area contributed by atoms with E-state index in [-0.39, 0.29) is 11.8 Å². The number of benzene rings is 1. The Hall–Kier alpha value is -1.82. The number of carbonyl (C=O) groups excluding carboxylic acids is 2. The number of hydrogen-bond donors (Lipinski definition) is 2. The van der Waals surface area contributed by atoms with Crippen LogP contribution in [-0.2, 0) is 16.1 Å². The predicted octanol–water partition coefficient (Wildman–Crippen LogP) is 2.60. The quantitative estimate of drug-likeness (QED) is 0.871. The Kier molecular flexibility index (Phi) is 5.33. The van der Waals surface area contributed by atoms with Crippen molar-refractivity contribution < 1.29 is 9.59 Å². The van der Waals surface area contributed by atoms with Crippen molar-refractivity contribution in [1.29, 1.82) is 0 Å². The van der Waals surface area contributed by atoms with Gasteiger partial charge in [-0.15, -0.1) is 11.8 Å². The smallest absolute Gasteiger partial charge is 0.267 e. The van der Waals surface area contributed by atoms with E-state index >= 15 is 0 Å². The monoisotopic (exact) mass is 331 g/mol. The summed E-state index contributed by atoms with van der Waals surface area (Å²) in [6, 6.07) is 8.37. The summed E-state index contributed by atoms with van der Waals surface area (Å²) in [5.74, 6) is -0.355. The molecule has 122 valence electrons. The Morgan fingerprint density at radius 3 is 2.61 bits per heavy atom. The van der Waals surface area contributed by atoms with Crippen LogP contribution in [0.4, 0.5) is 0 Å². The van der Waals surface area contributed by atoms with Crippen LogP contribution in [0, 0.1) is 0 Å². The summed E-state index contributed by atoms with van der Waals surface area (Å²) in [6.07, 6.45) is 6.06. The van der Waals surface area contributed by atoms with Crippen LogP contribution in [-0.4, -0.2) is 22.8 Å². The number of thioether (sulfide) groups is 1. The highest BCUT2D eigenvalue weighted by atomic mass is 32.2. The molecule has 0 aromatic heterocycles. The molecule has 2 aliphatic rings. The minimum atomic E-state index is -0.214. The summed E-state index contributed by atoms with van der Waals surface area (Å²) in [5.41, 5.74) is 3.79. The molecule has 3 rings (SSSR count). The third-order valence-corrected chi connectivity index (χ3v) is 5.50. The van der Waals surface area contributed by atoms with Crippen molar-refractivity contribution >= 4 is 29.3 Å². The molecule has 1 aliphatic carbocycles. The van der Waals surface area contributed by atoms with Crippen LogP contribution in [0.2, 0.25) is 0 Å². The minimum Gasteiger partial charge on any atom is -0.347 e. The van der Waals surface area contributed by atoms with E-state index in [0.717, 1.165) is 10.8 Å². The van der Waals surface area contributed by atoms with E-state index in [1.165, 1.54) is 30.6 Å². The Morgan fingerprint density at radius 2 is 1.96 bits per heavy atom. The van der Waals surface area contributed by atoms with Gasteiger partial charge in [-0.2, -0.15) is 5.10 Å². The average molecular weight is 331 g/mol. The van der Waals surface area contributed by atoms with Crippen molar-refractivity contribution in [2.45, 2.75) is 55.2 Å². The molecule has 0 spiro atoms. The summed E-state index contributed by atoms with van der Waals surface area (Å²) >= 11 is 1.96. The van der Waals surface area contributed by atoms with Gasteiger partial charge in [0, 0.05) is 29.5 Å². The highest BCUT2D eigenvalue weighted by molar-refractivity contribution is 8.00. The number of nitrogens with one attached hydrogen (secondary N) is 2. The molecular formula is C17H21N3O2S. The van der Waals surface area contributed by atoms with Crippen molar-refractivity contribution in [3.8, 4) is 0 Å². The fourth-order valence-electron chi connectivity index (χ4n) is 2.81. The van der Waals surface area contributed by atoms with E-state index in [1.54, 1.807) is 0 Å². The van der Waals surface area contributed by atoms with Gasteiger partial charge in [0.15, 0.2) is 0 Å². The molecule has 0 saturated heterocycles. The lowest BCUT2D eigenvalue weighted by atomic mass is 10.1. The van der Waals surface area contributed by atoms with Crippen LogP contribution < -0.4 is 10.7 Å². The maximum atomic E-state index is 12.0. The first-order valence-electron chi connectivity index (χ1n) is 8.10.